The first-order valence-corrected chi connectivity index (χ1v) is 7.46. The molecule has 2 nitrogen and oxygen atoms in total. The van der Waals surface area contributed by atoms with Gasteiger partial charge in [0.05, 0.1) is 10.9 Å². The summed E-state index contributed by atoms with van der Waals surface area (Å²) >= 11 is 7.59. The largest absolute Gasteiger partial charge is 0.371 e. The minimum Gasteiger partial charge on any atom is -0.371 e. The quantitative estimate of drug-likeness (QED) is 0.903. The molecule has 1 aromatic heterocycles. The second-order valence-electron chi connectivity index (χ2n) is 4.78. The van der Waals surface area contributed by atoms with Gasteiger partial charge in [-0.3, -0.25) is 0 Å². The van der Waals surface area contributed by atoms with Gasteiger partial charge in [0.2, 0.25) is 0 Å². The highest BCUT2D eigenvalue weighted by Gasteiger charge is 2.31. The van der Waals surface area contributed by atoms with Crippen LogP contribution in [0, 0.1) is 5.41 Å². The molecule has 1 N–H and O–H groups in total. The molecule has 1 aromatic rings. The lowest BCUT2D eigenvalue weighted by Gasteiger charge is -2.29. The summed E-state index contributed by atoms with van der Waals surface area (Å²) in [6, 6.07) is 4.02. The van der Waals surface area contributed by atoms with Gasteiger partial charge >= 0.3 is 0 Å². The molecule has 4 heteroatoms. The van der Waals surface area contributed by atoms with E-state index < -0.39 is 0 Å². The fourth-order valence-corrected chi connectivity index (χ4v) is 3.35. The SMILES string of the molecule is CCC1(CC)CNCC(c2ccc(Cl)s2)OC1. The zero-order valence-electron chi connectivity index (χ0n) is 10.5. The Kier molecular flexibility index (Phi) is 4.47. The van der Waals surface area contributed by atoms with Gasteiger partial charge in [-0.15, -0.1) is 11.3 Å². The Morgan fingerprint density at radius 1 is 1.47 bits per heavy atom. The molecule has 0 amide bonds. The van der Waals surface area contributed by atoms with Gasteiger partial charge in [0.15, 0.2) is 0 Å². The molecule has 1 aliphatic rings. The molecule has 0 radical (unpaired) electrons. The average Bonchev–Trinajstić information content (AvgIpc) is 2.66. The van der Waals surface area contributed by atoms with Crippen LogP contribution in [0.25, 0.3) is 0 Å². The van der Waals surface area contributed by atoms with Gasteiger partial charge in [0, 0.05) is 23.4 Å². The fraction of sp³-hybridized carbons (Fsp3) is 0.692. The van der Waals surface area contributed by atoms with E-state index in [1.807, 2.05) is 6.07 Å². The average molecular weight is 274 g/mol. The molecule has 1 aliphatic heterocycles. The van der Waals surface area contributed by atoms with Gasteiger partial charge < -0.3 is 10.1 Å². The minimum absolute atomic E-state index is 0.160. The van der Waals surface area contributed by atoms with Crippen molar-refractivity contribution in [1.29, 1.82) is 0 Å². The molecule has 1 unspecified atom stereocenters. The summed E-state index contributed by atoms with van der Waals surface area (Å²) in [5.74, 6) is 0. The van der Waals surface area contributed by atoms with Crippen molar-refractivity contribution in [3.8, 4) is 0 Å². The summed E-state index contributed by atoms with van der Waals surface area (Å²) in [6.45, 7) is 7.27. The summed E-state index contributed by atoms with van der Waals surface area (Å²) in [7, 11) is 0. The molecule has 2 heterocycles. The Morgan fingerprint density at radius 2 is 2.24 bits per heavy atom. The molecule has 96 valence electrons. The van der Waals surface area contributed by atoms with Crippen LogP contribution in [-0.2, 0) is 4.74 Å². The predicted octanol–water partition coefficient (Wildman–Crippen LogP) is 3.87. The molecule has 0 saturated carbocycles. The van der Waals surface area contributed by atoms with Crippen molar-refractivity contribution in [2.75, 3.05) is 19.7 Å². The van der Waals surface area contributed by atoms with Crippen LogP contribution in [0.3, 0.4) is 0 Å². The Labute approximate surface area is 112 Å². The van der Waals surface area contributed by atoms with E-state index in [1.165, 1.54) is 4.88 Å². The molecule has 17 heavy (non-hydrogen) atoms. The molecule has 0 spiro atoms. The Bertz CT molecular complexity index is 362. The van der Waals surface area contributed by atoms with Crippen LogP contribution in [0.4, 0.5) is 0 Å². The zero-order valence-corrected chi connectivity index (χ0v) is 12.0. The third-order valence-corrected chi connectivity index (χ3v) is 5.15. The number of hydrogen-bond donors (Lipinski definition) is 1. The second kappa shape index (κ2) is 5.70. The van der Waals surface area contributed by atoms with Crippen molar-refractivity contribution in [3.05, 3.63) is 21.3 Å². The van der Waals surface area contributed by atoms with Crippen molar-refractivity contribution in [1.82, 2.24) is 5.32 Å². The van der Waals surface area contributed by atoms with Crippen molar-refractivity contribution in [3.63, 3.8) is 0 Å². The smallest absolute Gasteiger partial charge is 0.104 e. The second-order valence-corrected chi connectivity index (χ2v) is 6.53. The van der Waals surface area contributed by atoms with Gasteiger partial charge in [-0.25, -0.2) is 0 Å². The first-order chi connectivity index (χ1) is 8.19. The van der Waals surface area contributed by atoms with E-state index >= 15 is 0 Å². The number of rotatable bonds is 3. The summed E-state index contributed by atoms with van der Waals surface area (Å²) < 4.78 is 6.93. The van der Waals surface area contributed by atoms with Crippen LogP contribution in [0.2, 0.25) is 4.34 Å². The van der Waals surface area contributed by atoms with Gasteiger partial charge in [-0.05, 0) is 25.0 Å². The van der Waals surface area contributed by atoms with Crippen molar-refractivity contribution >= 4 is 22.9 Å². The lowest BCUT2D eigenvalue weighted by Crippen LogP contribution is -2.34. The molecule has 1 fully saturated rings. The summed E-state index contributed by atoms with van der Waals surface area (Å²) in [6.07, 6.45) is 2.48. The molecule has 0 aliphatic carbocycles. The van der Waals surface area contributed by atoms with Crippen LogP contribution in [0.5, 0.6) is 0 Å². The first kappa shape index (κ1) is 13.3. The molecular weight excluding hydrogens is 254 g/mol. The van der Waals surface area contributed by atoms with Crippen LogP contribution in [0.1, 0.15) is 37.7 Å². The maximum atomic E-state index is 6.09. The fourth-order valence-electron chi connectivity index (χ4n) is 2.24. The highest BCUT2D eigenvalue weighted by molar-refractivity contribution is 7.16. The molecular formula is C13H20ClNOS. The summed E-state index contributed by atoms with van der Waals surface area (Å²) in [5, 5.41) is 3.54. The molecule has 1 saturated heterocycles. The monoisotopic (exact) mass is 273 g/mol. The summed E-state index contributed by atoms with van der Waals surface area (Å²) in [4.78, 5) is 1.23. The molecule has 0 bridgehead atoms. The van der Waals surface area contributed by atoms with E-state index in [4.69, 9.17) is 16.3 Å². The third kappa shape index (κ3) is 3.02. The number of thiophene rings is 1. The van der Waals surface area contributed by atoms with Gasteiger partial charge in [0.25, 0.3) is 0 Å². The minimum atomic E-state index is 0.160. The lowest BCUT2D eigenvalue weighted by molar-refractivity contribution is 0.0119. The zero-order chi connectivity index (χ0) is 12.3. The lowest BCUT2D eigenvalue weighted by atomic mass is 9.83. The number of nitrogens with one attached hydrogen (secondary N) is 1. The topological polar surface area (TPSA) is 21.3 Å². The van der Waals surface area contributed by atoms with Crippen LogP contribution in [0.15, 0.2) is 12.1 Å². The maximum Gasteiger partial charge on any atom is 0.104 e. The van der Waals surface area contributed by atoms with Gasteiger partial charge in [-0.2, -0.15) is 0 Å². The first-order valence-electron chi connectivity index (χ1n) is 6.26. The number of hydrogen-bond acceptors (Lipinski definition) is 3. The van der Waals surface area contributed by atoms with Crippen LogP contribution >= 0.6 is 22.9 Å². The Hall–Kier alpha value is -0.0900. The van der Waals surface area contributed by atoms with Crippen molar-refractivity contribution in [2.45, 2.75) is 32.8 Å². The number of ether oxygens (including phenoxy) is 1. The van der Waals surface area contributed by atoms with E-state index in [0.29, 0.717) is 5.41 Å². The maximum absolute atomic E-state index is 6.09. The van der Waals surface area contributed by atoms with E-state index in [0.717, 1.165) is 36.9 Å². The van der Waals surface area contributed by atoms with E-state index in [-0.39, 0.29) is 6.10 Å². The van der Waals surface area contributed by atoms with Gasteiger partial charge in [-0.1, -0.05) is 25.4 Å². The van der Waals surface area contributed by atoms with Crippen molar-refractivity contribution in [2.24, 2.45) is 5.41 Å². The van der Waals surface area contributed by atoms with E-state index in [1.54, 1.807) is 11.3 Å². The summed E-state index contributed by atoms with van der Waals surface area (Å²) in [5.41, 5.74) is 0.301. The van der Waals surface area contributed by atoms with Crippen molar-refractivity contribution < 1.29 is 4.74 Å². The highest BCUT2D eigenvalue weighted by Crippen LogP contribution is 2.34. The normalized spacial score (nSPS) is 24.5. The highest BCUT2D eigenvalue weighted by atomic mass is 35.5. The Morgan fingerprint density at radius 3 is 2.82 bits per heavy atom. The third-order valence-electron chi connectivity index (χ3n) is 3.83. The number of halogens is 1. The molecule has 0 aromatic carbocycles. The van der Waals surface area contributed by atoms with Crippen LogP contribution in [-0.4, -0.2) is 19.7 Å². The predicted molar refractivity (Wildman–Crippen MR) is 73.9 cm³/mol. The standard InChI is InChI=1S/C13H20ClNOS/c1-3-13(4-2)8-15-7-10(16-9-13)11-5-6-12(14)17-11/h5-6,10,15H,3-4,7-9H2,1-2H3. The Balaban J connectivity index is 2.05. The van der Waals surface area contributed by atoms with E-state index in [9.17, 15) is 0 Å². The van der Waals surface area contributed by atoms with Gasteiger partial charge in [0.1, 0.15) is 6.10 Å². The van der Waals surface area contributed by atoms with E-state index in [2.05, 4.69) is 25.2 Å². The van der Waals surface area contributed by atoms with Crippen LogP contribution < -0.4 is 5.32 Å². The molecule has 1 atom stereocenters. The molecule has 2 rings (SSSR count).